The minimum Gasteiger partial charge on any atom is -0.493 e. The Morgan fingerprint density at radius 1 is 1.42 bits per heavy atom. The molecule has 1 unspecified atom stereocenters. The zero-order valence-electron chi connectivity index (χ0n) is 11.0. The standard InChI is InChI=1S/C14H17FN2O2/c1-3-17-14(13(19-2)9-16-17)12(18)8-10-6-4-5-7-11(10)15/h4-7,9,12,18H,3,8H2,1-2H3. The van der Waals surface area contributed by atoms with Crippen LogP contribution < -0.4 is 4.74 Å². The third-order valence-corrected chi connectivity index (χ3v) is 3.05. The number of hydrogen-bond donors (Lipinski definition) is 1. The number of rotatable bonds is 5. The number of halogens is 1. The lowest BCUT2D eigenvalue weighted by Crippen LogP contribution is -2.12. The Kier molecular flexibility index (Phi) is 4.16. The highest BCUT2D eigenvalue weighted by atomic mass is 19.1. The summed E-state index contributed by atoms with van der Waals surface area (Å²) in [6, 6.07) is 6.43. The summed E-state index contributed by atoms with van der Waals surface area (Å²) < 4.78 is 20.4. The first-order valence-electron chi connectivity index (χ1n) is 6.18. The summed E-state index contributed by atoms with van der Waals surface area (Å²) in [5.74, 6) is 0.203. The Bertz CT molecular complexity index is 533. The number of ether oxygens (including phenoxy) is 1. The zero-order chi connectivity index (χ0) is 13.8. The fourth-order valence-corrected chi connectivity index (χ4v) is 2.09. The van der Waals surface area contributed by atoms with Gasteiger partial charge in [-0.3, -0.25) is 4.68 Å². The van der Waals surface area contributed by atoms with Crippen LogP contribution in [0.2, 0.25) is 0 Å². The number of benzene rings is 1. The molecule has 2 aromatic rings. The number of aromatic nitrogens is 2. The molecule has 0 amide bonds. The summed E-state index contributed by atoms with van der Waals surface area (Å²) in [5.41, 5.74) is 1.05. The maximum Gasteiger partial charge on any atom is 0.162 e. The second kappa shape index (κ2) is 5.84. The van der Waals surface area contributed by atoms with Crippen molar-refractivity contribution in [3.05, 3.63) is 47.5 Å². The zero-order valence-corrected chi connectivity index (χ0v) is 11.0. The predicted molar refractivity (Wildman–Crippen MR) is 69.5 cm³/mol. The summed E-state index contributed by atoms with van der Waals surface area (Å²) >= 11 is 0. The summed E-state index contributed by atoms with van der Waals surface area (Å²) in [4.78, 5) is 0. The lowest BCUT2D eigenvalue weighted by molar-refractivity contribution is 0.161. The average molecular weight is 264 g/mol. The minimum atomic E-state index is -0.853. The molecule has 1 N–H and O–H groups in total. The second-order valence-corrected chi connectivity index (χ2v) is 4.23. The molecule has 0 bridgehead atoms. The maximum atomic E-state index is 13.6. The Labute approximate surface area is 111 Å². The van der Waals surface area contributed by atoms with Crippen molar-refractivity contribution in [1.29, 1.82) is 0 Å². The largest absolute Gasteiger partial charge is 0.493 e. The first kappa shape index (κ1) is 13.5. The van der Waals surface area contributed by atoms with Crippen LogP contribution in [0.25, 0.3) is 0 Å². The lowest BCUT2D eigenvalue weighted by Gasteiger charge is -2.14. The Hall–Kier alpha value is -1.88. The number of aryl methyl sites for hydroxylation is 1. The van der Waals surface area contributed by atoms with Gasteiger partial charge in [-0.25, -0.2) is 4.39 Å². The normalized spacial score (nSPS) is 12.4. The number of aliphatic hydroxyl groups excluding tert-OH is 1. The van der Waals surface area contributed by atoms with E-state index in [0.29, 0.717) is 23.6 Å². The third-order valence-electron chi connectivity index (χ3n) is 3.05. The van der Waals surface area contributed by atoms with Crippen molar-refractivity contribution in [2.24, 2.45) is 0 Å². The molecule has 102 valence electrons. The second-order valence-electron chi connectivity index (χ2n) is 4.23. The van der Waals surface area contributed by atoms with Gasteiger partial charge < -0.3 is 9.84 Å². The summed E-state index contributed by atoms with van der Waals surface area (Å²) in [6.07, 6.45) is 0.896. The molecule has 1 aromatic carbocycles. The van der Waals surface area contributed by atoms with E-state index in [4.69, 9.17) is 4.74 Å². The van der Waals surface area contributed by atoms with E-state index in [9.17, 15) is 9.50 Å². The number of methoxy groups -OCH3 is 1. The van der Waals surface area contributed by atoms with Crippen molar-refractivity contribution in [3.8, 4) is 5.75 Å². The molecule has 0 aliphatic heterocycles. The van der Waals surface area contributed by atoms with Crippen LogP contribution in [0.3, 0.4) is 0 Å². The van der Waals surface area contributed by atoms with E-state index < -0.39 is 6.10 Å². The van der Waals surface area contributed by atoms with E-state index in [0.717, 1.165) is 0 Å². The molecule has 19 heavy (non-hydrogen) atoms. The molecule has 0 saturated heterocycles. The van der Waals surface area contributed by atoms with Gasteiger partial charge in [0.05, 0.1) is 13.3 Å². The first-order chi connectivity index (χ1) is 9.17. The molecule has 0 radical (unpaired) electrons. The summed E-state index contributed by atoms with van der Waals surface area (Å²) in [6.45, 7) is 2.54. The van der Waals surface area contributed by atoms with Crippen LogP contribution in [-0.4, -0.2) is 22.0 Å². The molecule has 2 rings (SSSR count). The van der Waals surface area contributed by atoms with Crippen LogP contribution in [0.1, 0.15) is 24.3 Å². The monoisotopic (exact) mass is 264 g/mol. The van der Waals surface area contributed by atoms with Gasteiger partial charge in [0.25, 0.3) is 0 Å². The van der Waals surface area contributed by atoms with Gasteiger partial charge in [-0.05, 0) is 18.6 Å². The van der Waals surface area contributed by atoms with E-state index in [-0.39, 0.29) is 12.2 Å². The maximum absolute atomic E-state index is 13.6. The van der Waals surface area contributed by atoms with Crippen LogP contribution in [0.4, 0.5) is 4.39 Å². The van der Waals surface area contributed by atoms with Gasteiger partial charge in [0, 0.05) is 13.0 Å². The Morgan fingerprint density at radius 3 is 2.79 bits per heavy atom. The van der Waals surface area contributed by atoms with Gasteiger partial charge in [-0.15, -0.1) is 0 Å². The molecule has 4 nitrogen and oxygen atoms in total. The molecule has 0 spiro atoms. The van der Waals surface area contributed by atoms with Crippen molar-refractivity contribution in [3.63, 3.8) is 0 Å². The van der Waals surface area contributed by atoms with Crippen LogP contribution in [0.15, 0.2) is 30.5 Å². The molecule has 1 atom stereocenters. The van der Waals surface area contributed by atoms with Crippen molar-refractivity contribution in [1.82, 2.24) is 9.78 Å². The lowest BCUT2D eigenvalue weighted by atomic mass is 10.0. The highest BCUT2D eigenvalue weighted by molar-refractivity contribution is 5.29. The highest BCUT2D eigenvalue weighted by Gasteiger charge is 2.20. The van der Waals surface area contributed by atoms with E-state index >= 15 is 0 Å². The third kappa shape index (κ3) is 2.76. The van der Waals surface area contributed by atoms with E-state index in [1.807, 2.05) is 6.92 Å². The molecule has 0 aliphatic rings. The fourth-order valence-electron chi connectivity index (χ4n) is 2.09. The molecule has 0 saturated carbocycles. The van der Waals surface area contributed by atoms with Gasteiger partial charge in [-0.2, -0.15) is 5.10 Å². The molecule has 1 heterocycles. The van der Waals surface area contributed by atoms with Crippen molar-refractivity contribution in [2.75, 3.05) is 7.11 Å². The Morgan fingerprint density at radius 2 is 2.16 bits per heavy atom. The molecular weight excluding hydrogens is 247 g/mol. The van der Waals surface area contributed by atoms with Gasteiger partial charge in [0.1, 0.15) is 17.6 Å². The molecule has 5 heteroatoms. The predicted octanol–water partition coefficient (Wildman–Crippen LogP) is 2.33. The Balaban J connectivity index is 2.27. The fraction of sp³-hybridized carbons (Fsp3) is 0.357. The van der Waals surface area contributed by atoms with Crippen LogP contribution in [0.5, 0.6) is 5.75 Å². The smallest absolute Gasteiger partial charge is 0.162 e. The van der Waals surface area contributed by atoms with Gasteiger partial charge in [0.2, 0.25) is 0 Å². The number of nitrogens with zero attached hydrogens (tertiary/aromatic N) is 2. The van der Waals surface area contributed by atoms with E-state index in [2.05, 4.69) is 5.10 Å². The average Bonchev–Trinajstić information content (AvgIpc) is 2.84. The number of aliphatic hydroxyl groups is 1. The van der Waals surface area contributed by atoms with Crippen molar-refractivity contribution in [2.45, 2.75) is 26.0 Å². The van der Waals surface area contributed by atoms with Crippen molar-refractivity contribution < 1.29 is 14.2 Å². The highest BCUT2D eigenvalue weighted by Crippen LogP contribution is 2.28. The minimum absolute atomic E-state index is 0.189. The molecular formula is C14H17FN2O2. The SMILES string of the molecule is CCn1ncc(OC)c1C(O)Cc1ccccc1F. The topological polar surface area (TPSA) is 47.3 Å². The van der Waals surface area contributed by atoms with Crippen LogP contribution in [-0.2, 0) is 13.0 Å². The van der Waals surface area contributed by atoms with Crippen LogP contribution in [0, 0.1) is 5.82 Å². The van der Waals surface area contributed by atoms with E-state index in [1.54, 1.807) is 29.1 Å². The van der Waals surface area contributed by atoms with Crippen LogP contribution >= 0.6 is 0 Å². The molecule has 0 fully saturated rings. The summed E-state index contributed by atoms with van der Waals surface area (Å²) in [5, 5.41) is 14.4. The van der Waals surface area contributed by atoms with Gasteiger partial charge in [0.15, 0.2) is 5.75 Å². The van der Waals surface area contributed by atoms with Gasteiger partial charge >= 0.3 is 0 Å². The van der Waals surface area contributed by atoms with E-state index in [1.165, 1.54) is 13.2 Å². The molecule has 1 aromatic heterocycles. The summed E-state index contributed by atoms with van der Waals surface area (Å²) in [7, 11) is 1.52. The van der Waals surface area contributed by atoms with Gasteiger partial charge in [-0.1, -0.05) is 18.2 Å². The number of hydrogen-bond acceptors (Lipinski definition) is 3. The van der Waals surface area contributed by atoms with Crippen molar-refractivity contribution >= 4 is 0 Å². The quantitative estimate of drug-likeness (QED) is 0.901. The molecule has 0 aliphatic carbocycles. The first-order valence-corrected chi connectivity index (χ1v) is 6.18.